The topological polar surface area (TPSA) is 40.5 Å². The van der Waals surface area contributed by atoms with Crippen molar-refractivity contribution in [3.8, 4) is 0 Å². The normalized spacial score (nSPS) is 10.2. The summed E-state index contributed by atoms with van der Waals surface area (Å²) in [7, 11) is 0. The van der Waals surface area contributed by atoms with Crippen molar-refractivity contribution in [2.45, 2.75) is 19.8 Å². The average molecular weight is 262 g/mol. The molecule has 0 aromatic heterocycles. The summed E-state index contributed by atoms with van der Waals surface area (Å²) < 4.78 is 0. The van der Waals surface area contributed by atoms with Crippen LogP contribution < -0.4 is 4.90 Å². The Labute approximate surface area is 105 Å². The maximum atomic E-state index is 11.1. The molecule has 0 saturated heterocycles. The first kappa shape index (κ1) is 13.1. The molecule has 1 aromatic rings. The van der Waals surface area contributed by atoms with E-state index in [4.69, 9.17) is 28.3 Å². The summed E-state index contributed by atoms with van der Waals surface area (Å²) in [4.78, 5) is 12.3. The molecule has 88 valence electrons. The Kier molecular flexibility index (Phi) is 4.90. The van der Waals surface area contributed by atoms with Crippen LogP contribution in [0.1, 0.15) is 19.8 Å². The van der Waals surface area contributed by atoms with Crippen LogP contribution in [0.5, 0.6) is 0 Å². The van der Waals surface area contributed by atoms with Gasteiger partial charge in [-0.05, 0) is 24.6 Å². The van der Waals surface area contributed by atoms with Crippen molar-refractivity contribution < 1.29 is 9.90 Å². The van der Waals surface area contributed by atoms with Gasteiger partial charge in [0.05, 0.1) is 10.0 Å². The predicted octanol–water partition coefficient (Wildman–Crippen LogP) is 4.28. The maximum Gasteiger partial charge on any atom is 0.411 e. The van der Waals surface area contributed by atoms with Gasteiger partial charge in [-0.25, -0.2) is 4.79 Å². The van der Waals surface area contributed by atoms with E-state index >= 15 is 0 Å². The summed E-state index contributed by atoms with van der Waals surface area (Å²) in [6.45, 7) is 2.47. The van der Waals surface area contributed by atoms with Gasteiger partial charge < -0.3 is 5.11 Å². The monoisotopic (exact) mass is 261 g/mol. The minimum atomic E-state index is -0.980. The van der Waals surface area contributed by atoms with E-state index in [1.54, 1.807) is 18.2 Å². The molecule has 16 heavy (non-hydrogen) atoms. The summed E-state index contributed by atoms with van der Waals surface area (Å²) in [5, 5.41) is 9.85. The van der Waals surface area contributed by atoms with Gasteiger partial charge in [0.1, 0.15) is 0 Å². The van der Waals surface area contributed by atoms with Crippen molar-refractivity contribution in [2.75, 3.05) is 11.4 Å². The van der Waals surface area contributed by atoms with Gasteiger partial charge in [-0.15, -0.1) is 0 Å². The Morgan fingerprint density at radius 3 is 2.56 bits per heavy atom. The lowest BCUT2D eigenvalue weighted by Crippen LogP contribution is -2.30. The van der Waals surface area contributed by atoms with Gasteiger partial charge >= 0.3 is 6.09 Å². The second kappa shape index (κ2) is 5.97. The van der Waals surface area contributed by atoms with Crippen LogP contribution in [0.2, 0.25) is 10.0 Å². The highest BCUT2D eigenvalue weighted by molar-refractivity contribution is 6.42. The molecule has 5 heteroatoms. The second-order valence-corrected chi connectivity index (χ2v) is 4.20. The Balaban J connectivity index is 2.92. The minimum Gasteiger partial charge on any atom is -0.465 e. The molecule has 0 atom stereocenters. The van der Waals surface area contributed by atoms with Crippen LogP contribution in [-0.2, 0) is 0 Å². The third kappa shape index (κ3) is 3.29. The zero-order valence-corrected chi connectivity index (χ0v) is 10.4. The number of rotatable bonds is 4. The number of hydrogen-bond acceptors (Lipinski definition) is 1. The lowest BCUT2D eigenvalue weighted by Gasteiger charge is -2.19. The fraction of sp³-hybridized carbons (Fsp3) is 0.364. The first-order chi connectivity index (χ1) is 7.56. The van der Waals surface area contributed by atoms with E-state index in [1.165, 1.54) is 4.90 Å². The van der Waals surface area contributed by atoms with E-state index in [2.05, 4.69) is 0 Å². The lowest BCUT2D eigenvalue weighted by atomic mass is 10.2. The van der Waals surface area contributed by atoms with Crippen LogP contribution in [0.3, 0.4) is 0 Å². The van der Waals surface area contributed by atoms with Crippen molar-refractivity contribution in [3.63, 3.8) is 0 Å². The molecule has 0 unspecified atom stereocenters. The van der Waals surface area contributed by atoms with Crippen LogP contribution in [0, 0.1) is 0 Å². The summed E-state index contributed by atoms with van der Waals surface area (Å²) in [6.07, 6.45) is 0.768. The Hall–Kier alpha value is -0.930. The number of unbranched alkanes of at least 4 members (excludes halogenated alkanes) is 1. The van der Waals surface area contributed by atoms with Crippen molar-refractivity contribution in [1.29, 1.82) is 0 Å². The summed E-state index contributed by atoms with van der Waals surface area (Å²) in [6, 6.07) is 4.81. The van der Waals surface area contributed by atoms with Crippen LogP contribution in [0.15, 0.2) is 18.2 Å². The Bertz CT molecular complexity index is 382. The van der Waals surface area contributed by atoms with Gasteiger partial charge in [-0.2, -0.15) is 0 Å². The molecule has 3 nitrogen and oxygen atoms in total. The highest BCUT2D eigenvalue weighted by Gasteiger charge is 2.14. The fourth-order valence-corrected chi connectivity index (χ4v) is 1.60. The highest BCUT2D eigenvalue weighted by atomic mass is 35.5. The van der Waals surface area contributed by atoms with Gasteiger partial charge in [0.2, 0.25) is 0 Å². The molecule has 1 N–H and O–H groups in total. The lowest BCUT2D eigenvalue weighted by molar-refractivity contribution is 0.201. The smallest absolute Gasteiger partial charge is 0.411 e. The SMILES string of the molecule is CCCCN(C(=O)O)c1ccc(Cl)c(Cl)c1. The predicted molar refractivity (Wildman–Crippen MR) is 66.7 cm³/mol. The second-order valence-electron chi connectivity index (χ2n) is 3.39. The van der Waals surface area contributed by atoms with E-state index < -0.39 is 6.09 Å². The number of carboxylic acid groups (broad SMARTS) is 1. The molecule has 1 rings (SSSR count). The van der Waals surface area contributed by atoms with Gasteiger partial charge in [-0.1, -0.05) is 36.5 Å². The van der Waals surface area contributed by atoms with Gasteiger partial charge in [0.25, 0.3) is 0 Å². The van der Waals surface area contributed by atoms with Gasteiger partial charge in [-0.3, -0.25) is 4.90 Å². The van der Waals surface area contributed by atoms with Crippen molar-refractivity contribution in [2.24, 2.45) is 0 Å². The third-order valence-corrected chi connectivity index (χ3v) is 2.92. The molecule has 0 heterocycles. The number of carbonyl (C=O) groups is 1. The molecule has 0 aliphatic heterocycles. The molecule has 0 aliphatic carbocycles. The third-order valence-electron chi connectivity index (χ3n) is 2.18. The molecule has 0 saturated carbocycles. The zero-order chi connectivity index (χ0) is 12.1. The minimum absolute atomic E-state index is 0.363. The summed E-state index contributed by atoms with van der Waals surface area (Å²) in [5.41, 5.74) is 0.551. The summed E-state index contributed by atoms with van der Waals surface area (Å²) in [5.74, 6) is 0. The quantitative estimate of drug-likeness (QED) is 0.879. The molecule has 0 bridgehead atoms. The van der Waals surface area contributed by atoms with E-state index in [0.717, 1.165) is 12.8 Å². The molecule has 1 amide bonds. The maximum absolute atomic E-state index is 11.1. The average Bonchev–Trinajstić information content (AvgIpc) is 2.23. The number of anilines is 1. The molecule has 0 aliphatic rings. The number of nitrogens with zero attached hydrogens (tertiary/aromatic N) is 1. The van der Waals surface area contributed by atoms with Gasteiger partial charge in [0, 0.05) is 12.2 Å². The van der Waals surface area contributed by atoms with Crippen LogP contribution in [0.25, 0.3) is 0 Å². The van der Waals surface area contributed by atoms with Crippen molar-refractivity contribution >= 4 is 35.0 Å². The summed E-state index contributed by atoms with van der Waals surface area (Å²) >= 11 is 11.6. The van der Waals surface area contributed by atoms with E-state index in [1.807, 2.05) is 6.92 Å². The molecular weight excluding hydrogens is 249 g/mol. The molecule has 0 spiro atoms. The molecule has 0 fully saturated rings. The molecule has 1 aromatic carbocycles. The first-order valence-corrected chi connectivity index (χ1v) is 5.77. The fourth-order valence-electron chi connectivity index (χ4n) is 1.30. The highest BCUT2D eigenvalue weighted by Crippen LogP contribution is 2.27. The zero-order valence-electron chi connectivity index (χ0n) is 8.91. The van der Waals surface area contributed by atoms with Gasteiger partial charge in [0.15, 0.2) is 0 Å². The number of benzene rings is 1. The van der Waals surface area contributed by atoms with Crippen LogP contribution in [-0.4, -0.2) is 17.7 Å². The van der Waals surface area contributed by atoms with Crippen molar-refractivity contribution in [1.82, 2.24) is 0 Å². The van der Waals surface area contributed by atoms with E-state index in [9.17, 15) is 4.79 Å². The first-order valence-electron chi connectivity index (χ1n) is 5.01. The van der Waals surface area contributed by atoms with E-state index in [-0.39, 0.29) is 0 Å². The standard InChI is InChI=1S/C11H13Cl2NO2/c1-2-3-6-14(11(15)16)8-4-5-9(12)10(13)7-8/h4-5,7H,2-3,6H2,1H3,(H,15,16). The van der Waals surface area contributed by atoms with Crippen LogP contribution in [0.4, 0.5) is 10.5 Å². The number of amides is 1. The molecular formula is C11H13Cl2NO2. The number of hydrogen-bond donors (Lipinski definition) is 1. The largest absolute Gasteiger partial charge is 0.465 e. The Morgan fingerprint density at radius 1 is 1.38 bits per heavy atom. The molecule has 0 radical (unpaired) electrons. The Morgan fingerprint density at radius 2 is 2.06 bits per heavy atom. The van der Waals surface area contributed by atoms with E-state index in [0.29, 0.717) is 22.3 Å². The van der Waals surface area contributed by atoms with Crippen LogP contribution >= 0.6 is 23.2 Å². The number of halogens is 2. The van der Waals surface area contributed by atoms with Crippen molar-refractivity contribution in [3.05, 3.63) is 28.2 Å².